The van der Waals surface area contributed by atoms with E-state index in [4.69, 9.17) is 9.47 Å². The Morgan fingerprint density at radius 2 is 1.60 bits per heavy atom. The maximum absolute atomic E-state index is 12.2. The van der Waals surface area contributed by atoms with Gasteiger partial charge in [0.15, 0.2) is 12.1 Å². The van der Waals surface area contributed by atoms with E-state index in [-0.39, 0.29) is 30.6 Å². The molecule has 11 nitrogen and oxygen atoms in total. The number of Topliss-reactive ketones (excluding diaryl/α,β-unsaturated/α-hetero) is 1. The minimum Gasteiger partial charge on any atom is -0.394 e. The van der Waals surface area contributed by atoms with Gasteiger partial charge in [-0.2, -0.15) is 0 Å². The van der Waals surface area contributed by atoms with E-state index in [1.54, 1.807) is 0 Å². The molecule has 0 aliphatic carbocycles. The van der Waals surface area contributed by atoms with Crippen molar-refractivity contribution in [3.8, 4) is 0 Å². The van der Waals surface area contributed by atoms with Crippen molar-refractivity contribution in [2.24, 2.45) is 0 Å². The van der Waals surface area contributed by atoms with Crippen LogP contribution in [0.2, 0.25) is 0 Å². The van der Waals surface area contributed by atoms with Crippen molar-refractivity contribution in [1.82, 2.24) is 10.6 Å². The first kappa shape index (κ1) is 31.4. The summed E-state index contributed by atoms with van der Waals surface area (Å²) in [5.41, 5.74) is 0. The van der Waals surface area contributed by atoms with Crippen LogP contribution in [0, 0.1) is 0 Å². The Balaban J connectivity index is 2.20. The molecule has 0 aromatic carbocycles. The standard InChI is InChI=1S/C24H44N2O9/c1-3-4-5-11-19(29)25-13-8-6-10-17(16(2)28)26-20(30)12-7-9-14-34-24-23(33)22(32)21(31)18(15-27)35-24/h17-18,21-24,27,31-33H,3-15H2,1-2H3,(H,25,29)(H,26,30). The van der Waals surface area contributed by atoms with Crippen LogP contribution in [0.3, 0.4) is 0 Å². The smallest absolute Gasteiger partial charge is 0.220 e. The van der Waals surface area contributed by atoms with Crippen molar-refractivity contribution in [3.63, 3.8) is 0 Å². The third-order valence-electron chi connectivity index (χ3n) is 6.00. The molecule has 6 unspecified atom stereocenters. The second kappa shape index (κ2) is 17.7. The molecule has 0 spiro atoms. The van der Waals surface area contributed by atoms with Crippen LogP contribution in [0.15, 0.2) is 0 Å². The minimum atomic E-state index is -1.50. The van der Waals surface area contributed by atoms with Crippen LogP contribution in [-0.2, 0) is 23.9 Å². The average Bonchev–Trinajstić information content (AvgIpc) is 2.82. The van der Waals surface area contributed by atoms with Gasteiger partial charge in [0, 0.05) is 26.0 Å². The fourth-order valence-electron chi connectivity index (χ4n) is 3.76. The van der Waals surface area contributed by atoms with Gasteiger partial charge in [-0.3, -0.25) is 14.4 Å². The van der Waals surface area contributed by atoms with Crippen LogP contribution in [0.4, 0.5) is 0 Å². The lowest BCUT2D eigenvalue weighted by atomic mass is 9.99. The van der Waals surface area contributed by atoms with Crippen molar-refractivity contribution >= 4 is 17.6 Å². The quantitative estimate of drug-likeness (QED) is 0.139. The zero-order valence-corrected chi connectivity index (χ0v) is 21.0. The SMILES string of the molecule is CCCCCC(=O)NCCCCC(NC(=O)CCCCOC1OC(CO)C(O)C(O)C1O)C(C)=O. The summed E-state index contributed by atoms with van der Waals surface area (Å²) in [4.78, 5) is 35.8. The van der Waals surface area contributed by atoms with E-state index in [1.165, 1.54) is 6.92 Å². The van der Waals surface area contributed by atoms with Crippen LogP contribution < -0.4 is 10.6 Å². The summed E-state index contributed by atoms with van der Waals surface area (Å²) in [5, 5.41) is 44.3. The monoisotopic (exact) mass is 504 g/mol. The number of carbonyl (C=O) groups is 3. The van der Waals surface area contributed by atoms with E-state index in [0.29, 0.717) is 38.6 Å². The molecule has 0 saturated carbocycles. The number of unbranched alkanes of at least 4 members (excludes halogenated alkanes) is 4. The Morgan fingerprint density at radius 1 is 0.914 bits per heavy atom. The van der Waals surface area contributed by atoms with E-state index in [0.717, 1.165) is 25.7 Å². The van der Waals surface area contributed by atoms with Crippen LogP contribution >= 0.6 is 0 Å². The number of aliphatic hydroxyl groups is 4. The molecular weight excluding hydrogens is 460 g/mol. The Bertz CT molecular complexity index is 632. The molecule has 11 heteroatoms. The van der Waals surface area contributed by atoms with Gasteiger partial charge in [0.2, 0.25) is 11.8 Å². The van der Waals surface area contributed by atoms with Gasteiger partial charge in [-0.05, 0) is 45.4 Å². The van der Waals surface area contributed by atoms with Gasteiger partial charge in [0.05, 0.1) is 12.6 Å². The summed E-state index contributed by atoms with van der Waals surface area (Å²) in [6.45, 7) is 3.68. The highest BCUT2D eigenvalue weighted by molar-refractivity contribution is 5.87. The lowest BCUT2D eigenvalue weighted by Gasteiger charge is -2.39. The molecule has 0 aromatic heterocycles. The highest BCUT2D eigenvalue weighted by Gasteiger charge is 2.43. The van der Waals surface area contributed by atoms with Gasteiger partial charge >= 0.3 is 0 Å². The summed E-state index contributed by atoms with van der Waals surface area (Å²) in [6, 6.07) is -0.562. The number of ether oxygens (including phenoxy) is 2. The lowest BCUT2D eigenvalue weighted by Crippen LogP contribution is -2.59. The Labute approximate surface area is 207 Å². The molecule has 1 saturated heterocycles. The van der Waals surface area contributed by atoms with Crippen molar-refractivity contribution in [2.75, 3.05) is 19.8 Å². The molecule has 35 heavy (non-hydrogen) atoms. The molecule has 1 rings (SSSR count). The van der Waals surface area contributed by atoms with Crippen LogP contribution in [0.5, 0.6) is 0 Å². The molecule has 0 bridgehead atoms. The number of carbonyl (C=O) groups excluding carboxylic acids is 3. The number of ketones is 1. The summed E-state index contributed by atoms with van der Waals surface area (Å²) in [5.74, 6) is -0.319. The van der Waals surface area contributed by atoms with Gasteiger partial charge in [-0.1, -0.05) is 19.8 Å². The molecule has 6 atom stereocenters. The average molecular weight is 505 g/mol. The molecule has 1 heterocycles. The van der Waals surface area contributed by atoms with Gasteiger partial charge < -0.3 is 40.5 Å². The fourth-order valence-corrected chi connectivity index (χ4v) is 3.76. The second-order valence-corrected chi connectivity index (χ2v) is 9.06. The highest BCUT2D eigenvalue weighted by atomic mass is 16.7. The van der Waals surface area contributed by atoms with E-state index in [2.05, 4.69) is 17.6 Å². The molecule has 1 fully saturated rings. The van der Waals surface area contributed by atoms with Gasteiger partial charge in [0.1, 0.15) is 24.4 Å². The van der Waals surface area contributed by atoms with E-state index >= 15 is 0 Å². The number of amides is 2. The maximum Gasteiger partial charge on any atom is 0.220 e. The van der Waals surface area contributed by atoms with Gasteiger partial charge in [-0.15, -0.1) is 0 Å². The number of hydrogen-bond acceptors (Lipinski definition) is 9. The zero-order valence-electron chi connectivity index (χ0n) is 21.0. The first-order chi connectivity index (χ1) is 16.7. The van der Waals surface area contributed by atoms with Gasteiger partial charge in [0.25, 0.3) is 0 Å². The van der Waals surface area contributed by atoms with E-state index in [1.807, 2.05) is 0 Å². The van der Waals surface area contributed by atoms with Crippen LogP contribution in [0.1, 0.15) is 78.1 Å². The van der Waals surface area contributed by atoms with Crippen molar-refractivity contribution < 1.29 is 44.3 Å². The van der Waals surface area contributed by atoms with Crippen LogP contribution in [-0.4, -0.2) is 94.5 Å². The molecule has 6 N–H and O–H groups in total. The number of aliphatic hydroxyl groups excluding tert-OH is 4. The Hall–Kier alpha value is -1.63. The lowest BCUT2D eigenvalue weighted by molar-refractivity contribution is -0.301. The number of nitrogens with one attached hydrogen (secondary N) is 2. The Kier molecular flexibility index (Phi) is 15.9. The second-order valence-electron chi connectivity index (χ2n) is 9.06. The third kappa shape index (κ3) is 12.2. The summed E-state index contributed by atoms with van der Waals surface area (Å²) in [7, 11) is 0. The molecule has 2 amide bonds. The van der Waals surface area contributed by atoms with Gasteiger partial charge in [-0.25, -0.2) is 0 Å². The summed E-state index contributed by atoms with van der Waals surface area (Å²) >= 11 is 0. The minimum absolute atomic E-state index is 0.0467. The topological polar surface area (TPSA) is 175 Å². The third-order valence-corrected chi connectivity index (χ3v) is 6.00. The Morgan fingerprint density at radius 3 is 2.26 bits per heavy atom. The van der Waals surface area contributed by atoms with E-state index < -0.39 is 43.4 Å². The largest absolute Gasteiger partial charge is 0.394 e. The first-order valence-corrected chi connectivity index (χ1v) is 12.7. The predicted octanol–water partition coefficient (Wildman–Crippen LogP) is -0.0862. The first-order valence-electron chi connectivity index (χ1n) is 12.7. The van der Waals surface area contributed by atoms with E-state index in [9.17, 15) is 34.8 Å². The molecule has 1 aliphatic heterocycles. The molecule has 1 aliphatic rings. The predicted molar refractivity (Wildman–Crippen MR) is 127 cm³/mol. The zero-order chi connectivity index (χ0) is 26.2. The summed E-state index contributed by atoms with van der Waals surface area (Å²) < 4.78 is 10.7. The number of rotatable bonds is 18. The number of hydrogen-bond donors (Lipinski definition) is 6. The molecular formula is C24H44N2O9. The van der Waals surface area contributed by atoms with Crippen molar-refractivity contribution in [3.05, 3.63) is 0 Å². The van der Waals surface area contributed by atoms with Crippen molar-refractivity contribution in [1.29, 1.82) is 0 Å². The molecule has 204 valence electrons. The highest BCUT2D eigenvalue weighted by Crippen LogP contribution is 2.22. The fraction of sp³-hybridized carbons (Fsp3) is 0.875. The molecule has 0 aromatic rings. The normalized spacial score (nSPS) is 25.1. The van der Waals surface area contributed by atoms with Crippen LogP contribution in [0.25, 0.3) is 0 Å². The van der Waals surface area contributed by atoms with Crippen molar-refractivity contribution in [2.45, 2.75) is 115 Å². The molecule has 0 radical (unpaired) electrons. The summed E-state index contributed by atoms with van der Waals surface area (Å²) in [6.07, 6.45) is -0.0235. The maximum atomic E-state index is 12.2.